The molecule has 0 saturated carbocycles. The summed E-state index contributed by atoms with van der Waals surface area (Å²) in [5, 5.41) is 41.9. The number of fused-ring (bicyclic) bond motifs is 1. The molecule has 0 aliphatic heterocycles. The quantitative estimate of drug-likeness (QED) is 0.0329. The number of aromatic carboxylic acids is 2. The van der Waals surface area contributed by atoms with Gasteiger partial charge in [0.1, 0.15) is 9.79 Å². The molecule has 1 heterocycles. The molecule has 23 heteroatoms. The minimum atomic E-state index is -4.84. The molecule has 6 rings (SSSR count). The molecule has 0 bridgehead atoms. The fourth-order valence-corrected chi connectivity index (χ4v) is 6.73. The van der Waals surface area contributed by atoms with Crippen molar-refractivity contribution in [1.29, 1.82) is 0 Å². The molecule has 59 heavy (non-hydrogen) atoms. The van der Waals surface area contributed by atoms with E-state index in [9.17, 15) is 45.7 Å². The van der Waals surface area contributed by atoms with Crippen molar-refractivity contribution in [3.8, 4) is 0 Å². The van der Waals surface area contributed by atoms with E-state index < -0.39 is 42.0 Å². The lowest BCUT2D eigenvalue weighted by Crippen LogP contribution is -2.21. The molecule has 0 radical (unpaired) electrons. The average molecular weight is 843 g/mol. The molecular formula is C36H30N10O11S2. The second-order valence-corrected chi connectivity index (χ2v) is 14.8. The van der Waals surface area contributed by atoms with Crippen molar-refractivity contribution in [2.24, 2.45) is 20.5 Å². The van der Waals surface area contributed by atoms with E-state index in [2.05, 4.69) is 46.0 Å². The Kier molecular flexibility index (Phi) is 11.9. The number of carboxylic acid groups (broad SMARTS) is 2. The van der Waals surface area contributed by atoms with Gasteiger partial charge in [0.05, 0.1) is 40.5 Å². The summed E-state index contributed by atoms with van der Waals surface area (Å²) in [4.78, 5) is 40.4. The van der Waals surface area contributed by atoms with Crippen LogP contribution in [0.1, 0.15) is 27.6 Å². The number of hydrogen-bond acceptors (Lipinski definition) is 17. The molecule has 6 N–H and O–H groups in total. The number of carboxylic acids is 2. The van der Waals surface area contributed by atoms with E-state index >= 15 is 0 Å². The van der Waals surface area contributed by atoms with Crippen LogP contribution in [0.5, 0.6) is 0 Å². The summed E-state index contributed by atoms with van der Waals surface area (Å²) in [5.74, 6) is -2.25. The third kappa shape index (κ3) is 10.4. The molecule has 0 aliphatic carbocycles. The Morgan fingerprint density at radius 2 is 1.10 bits per heavy atom. The van der Waals surface area contributed by atoms with Gasteiger partial charge in [-0.05, 0) is 91.9 Å². The number of aromatic nitrogens is 3. The SMILES string of the molecule is CCON(C)c1nc(Nc2ccc(N=Nc3cc(C(=O)O)cc(C(=O)O)c3)cc2)nc(Nc2ccc(N=Nc3cc(S(=O)(=O)O)c4cccc(S(=O)(=O)O)c4c3)cc2)n1. The molecule has 0 atom stereocenters. The number of carbonyl (C=O) groups is 2. The summed E-state index contributed by atoms with van der Waals surface area (Å²) in [6.07, 6.45) is 0. The molecule has 0 aliphatic rings. The van der Waals surface area contributed by atoms with Crippen LogP contribution >= 0.6 is 0 Å². The van der Waals surface area contributed by atoms with Crippen LogP contribution in [0.2, 0.25) is 0 Å². The van der Waals surface area contributed by atoms with Crippen molar-refractivity contribution in [3.05, 3.63) is 108 Å². The highest BCUT2D eigenvalue weighted by atomic mass is 32.2. The van der Waals surface area contributed by atoms with E-state index in [0.29, 0.717) is 29.4 Å². The first-order valence-corrected chi connectivity index (χ1v) is 19.7. The van der Waals surface area contributed by atoms with Gasteiger partial charge >= 0.3 is 11.9 Å². The molecule has 302 valence electrons. The highest BCUT2D eigenvalue weighted by Gasteiger charge is 2.21. The van der Waals surface area contributed by atoms with Gasteiger partial charge in [0, 0.05) is 29.2 Å². The van der Waals surface area contributed by atoms with Crippen LogP contribution in [0.4, 0.5) is 52.0 Å². The molecule has 1 aromatic heterocycles. The molecule has 0 unspecified atom stereocenters. The maximum absolute atomic E-state index is 12.2. The van der Waals surface area contributed by atoms with E-state index in [4.69, 9.17) is 4.84 Å². The zero-order chi connectivity index (χ0) is 42.5. The van der Waals surface area contributed by atoms with Gasteiger partial charge in [0.15, 0.2) is 0 Å². The van der Waals surface area contributed by atoms with Crippen molar-refractivity contribution in [3.63, 3.8) is 0 Å². The highest BCUT2D eigenvalue weighted by molar-refractivity contribution is 7.86. The first-order valence-electron chi connectivity index (χ1n) is 16.8. The van der Waals surface area contributed by atoms with Gasteiger partial charge in [-0.3, -0.25) is 13.9 Å². The second-order valence-electron chi connectivity index (χ2n) is 12.1. The molecule has 0 saturated heterocycles. The lowest BCUT2D eigenvalue weighted by atomic mass is 10.1. The Morgan fingerprint density at radius 3 is 1.56 bits per heavy atom. The molecule has 6 aromatic rings. The van der Waals surface area contributed by atoms with E-state index in [-0.39, 0.29) is 51.1 Å². The van der Waals surface area contributed by atoms with Crippen molar-refractivity contribution >= 4 is 94.9 Å². The Labute approximate surface area is 334 Å². The van der Waals surface area contributed by atoms with Crippen LogP contribution < -0.4 is 15.7 Å². The van der Waals surface area contributed by atoms with Crippen LogP contribution in [0.25, 0.3) is 10.8 Å². The van der Waals surface area contributed by atoms with Gasteiger partial charge in [-0.2, -0.15) is 52.2 Å². The Bertz CT molecular complexity index is 2840. The molecule has 0 amide bonds. The maximum Gasteiger partial charge on any atom is 0.335 e. The summed E-state index contributed by atoms with van der Waals surface area (Å²) in [6, 6.07) is 22.0. The third-order valence-electron chi connectivity index (χ3n) is 7.91. The van der Waals surface area contributed by atoms with Crippen molar-refractivity contribution in [2.75, 3.05) is 29.4 Å². The summed E-state index contributed by atoms with van der Waals surface area (Å²) in [7, 11) is -8.00. The van der Waals surface area contributed by atoms with E-state index in [0.717, 1.165) is 18.2 Å². The lowest BCUT2D eigenvalue weighted by molar-refractivity contribution is 0.0696. The van der Waals surface area contributed by atoms with Gasteiger partial charge in [-0.15, -0.1) is 0 Å². The van der Waals surface area contributed by atoms with Crippen LogP contribution in [0, 0.1) is 0 Å². The Morgan fingerprint density at radius 1 is 0.627 bits per heavy atom. The maximum atomic E-state index is 12.2. The number of azo groups is 2. The highest BCUT2D eigenvalue weighted by Crippen LogP contribution is 2.34. The predicted octanol–water partition coefficient (Wildman–Crippen LogP) is 7.62. The fraction of sp³-hybridized carbons (Fsp3) is 0.0833. The van der Waals surface area contributed by atoms with Crippen LogP contribution in [-0.2, 0) is 25.1 Å². The smallest absolute Gasteiger partial charge is 0.335 e. The monoisotopic (exact) mass is 842 g/mol. The number of hydrogen-bond donors (Lipinski definition) is 6. The summed E-state index contributed by atoms with van der Waals surface area (Å²) < 4.78 is 67.8. The zero-order valence-electron chi connectivity index (χ0n) is 30.5. The normalized spacial score (nSPS) is 11.9. The van der Waals surface area contributed by atoms with Crippen molar-refractivity contribution in [2.45, 2.75) is 16.7 Å². The van der Waals surface area contributed by atoms with E-state index in [1.807, 2.05) is 0 Å². The Hall–Kier alpha value is -7.31. The average Bonchev–Trinajstić information content (AvgIpc) is 3.19. The van der Waals surface area contributed by atoms with E-state index in [1.165, 1.54) is 35.4 Å². The third-order valence-corrected chi connectivity index (χ3v) is 9.71. The summed E-state index contributed by atoms with van der Waals surface area (Å²) >= 11 is 0. The second kappa shape index (κ2) is 17.0. The van der Waals surface area contributed by atoms with Crippen LogP contribution in [0.3, 0.4) is 0 Å². The first kappa shape index (κ1) is 41.3. The number of rotatable bonds is 15. The minimum absolute atomic E-state index is 0.0386. The van der Waals surface area contributed by atoms with Crippen molar-refractivity contribution < 1.29 is 50.6 Å². The fourth-order valence-electron chi connectivity index (χ4n) is 5.30. The van der Waals surface area contributed by atoms with Gasteiger partial charge < -0.3 is 20.8 Å². The van der Waals surface area contributed by atoms with Gasteiger partial charge in [-0.1, -0.05) is 12.1 Å². The summed E-state index contributed by atoms with van der Waals surface area (Å²) in [6.45, 7) is 2.10. The largest absolute Gasteiger partial charge is 0.478 e. The van der Waals surface area contributed by atoms with Crippen molar-refractivity contribution in [1.82, 2.24) is 15.0 Å². The molecule has 0 spiro atoms. The van der Waals surface area contributed by atoms with Gasteiger partial charge in [0.25, 0.3) is 26.2 Å². The van der Waals surface area contributed by atoms with E-state index in [1.54, 1.807) is 62.5 Å². The number of anilines is 5. The Balaban J connectivity index is 1.20. The summed E-state index contributed by atoms with van der Waals surface area (Å²) in [5.41, 5.74) is 1.11. The minimum Gasteiger partial charge on any atom is -0.478 e. The standard InChI is InChI=1S/C36H30N10O11S2/c1-3-57-46(2)36-40-34(37-22-7-11-24(12-8-22)42-44-26-16-20(32(47)48)15-21(17-26)33(49)50)39-35(41-36)38-23-9-13-25(14-10-23)43-45-27-18-29-28(31(19-27)59(54,55)56)5-4-6-30(29)58(51,52)53/h4-19H,3H2,1-2H3,(H,47,48)(H,49,50)(H,51,52,53)(H,54,55,56)(H2,37,38,39,40,41). The van der Waals surface area contributed by atoms with Gasteiger partial charge in [0.2, 0.25) is 11.9 Å². The molecule has 21 nitrogen and oxygen atoms in total. The zero-order valence-corrected chi connectivity index (χ0v) is 32.1. The number of benzene rings is 5. The molecule has 0 fully saturated rings. The molecular weight excluding hydrogens is 813 g/mol. The number of nitrogens with one attached hydrogen (secondary N) is 2. The van der Waals surface area contributed by atoms with Crippen LogP contribution in [-0.4, -0.2) is 76.7 Å². The number of nitrogens with zero attached hydrogens (tertiary/aromatic N) is 8. The number of hydroxylamine groups is 1. The topological polar surface area (TPSA) is 308 Å². The van der Waals surface area contributed by atoms with Crippen LogP contribution in [0.15, 0.2) is 127 Å². The first-order chi connectivity index (χ1) is 28.0. The molecule has 5 aromatic carbocycles. The van der Waals surface area contributed by atoms with Gasteiger partial charge in [-0.25, -0.2) is 14.7 Å². The predicted molar refractivity (Wildman–Crippen MR) is 212 cm³/mol. The lowest BCUT2D eigenvalue weighted by Gasteiger charge is -2.17.